The molecule has 0 saturated carbocycles. The van der Waals surface area contributed by atoms with Gasteiger partial charge in [0.05, 0.1) is 10.6 Å². The van der Waals surface area contributed by atoms with Gasteiger partial charge in [-0.25, -0.2) is 4.39 Å². The highest BCUT2D eigenvalue weighted by atomic mass is 35.5. The fourth-order valence-corrected chi connectivity index (χ4v) is 1.57. The zero-order valence-electron chi connectivity index (χ0n) is 8.19. The molecular formula is C10H10ClF4N. The first-order chi connectivity index (χ1) is 7.36. The average Bonchev–Trinajstić information content (AvgIpc) is 2.16. The molecule has 0 spiro atoms. The van der Waals surface area contributed by atoms with E-state index in [0.717, 1.165) is 18.2 Å². The van der Waals surface area contributed by atoms with Crippen molar-refractivity contribution in [3.63, 3.8) is 0 Å². The number of hydrogen-bond acceptors (Lipinski definition) is 1. The van der Waals surface area contributed by atoms with Crippen LogP contribution in [-0.2, 0) is 6.18 Å². The van der Waals surface area contributed by atoms with E-state index in [-0.39, 0.29) is 18.5 Å². The molecule has 6 heteroatoms. The predicted molar refractivity (Wildman–Crippen MR) is 54.0 cm³/mol. The van der Waals surface area contributed by atoms with E-state index in [0.29, 0.717) is 0 Å². The van der Waals surface area contributed by atoms with Gasteiger partial charge in [0.1, 0.15) is 6.17 Å². The molecule has 1 rings (SSSR count). The Balaban J connectivity index is 3.00. The summed E-state index contributed by atoms with van der Waals surface area (Å²) in [6.45, 7) is 0.125. The first-order valence-corrected chi connectivity index (χ1v) is 4.95. The van der Waals surface area contributed by atoms with Crippen LogP contribution in [0.5, 0.6) is 0 Å². The number of hydrogen-bond donors (Lipinski definition) is 1. The van der Waals surface area contributed by atoms with Crippen molar-refractivity contribution in [2.45, 2.75) is 18.8 Å². The van der Waals surface area contributed by atoms with Crippen LogP contribution in [0.15, 0.2) is 18.2 Å². The van der Waals surface area contributed by atoms with Gasteiger partial charge in [0, 0.05) is 0 Å². The molecule has 1 aromatic carbocycles. The van der Waals surface area contributed by atoms with E-state index in [9.17, 15) is 17.6 Å². The van der Waals surface area contributed by atoms with Gasteiger partial charge in [0.2, 0.25) is 0 Å². The third-order valence-electron chi connectivity index (χ3n) is 2.08. The van der Waals surface area contributed by atoms with Crippen molar-refractivity contribution < 1.29 is 17.6 Å². The second-order valence-electron chi connectivity index (χ2n) is 3.28. The lowest BCUT2D eigenvalue weighted by Crippen LogP contribution is -2.07. The molecule has 1 nitrogen and oxygen atoms in total. The highest BCUT2D eigenvalue weighted by Crippen LogP contribution is 2.36. The summed E-state index contributed by atoms with van der Waals surface area (Å²) in [6, 6.07) is 2.85. The Bertz CT molecular complexity index is 364. The number of nitrogens with two attached hydrogens (primary N) is 1. The smallest absolute Gasteiger partial charge is 0.330 e. The second-order valence-corrected chi connectivity index (χ2v) is 3.69. The maximum atomic E-state index is 13.3. The van der Waals surface area contributed by atoms with Gasteiger partial charge in [0.15, 0.2) is 0 Å². The van der Waals surface area contributed by atoms with Crippen molar-refractivity contribution >= 4 is 11.6 Å². The Morgan fingerprint density at radius 2 is 1.94 bits per heavy atom. The van der Waals surface area contributed by atoms with E-state index in [1.54, 1.807) is 0 Å². The van der Waals surface area contributed by atoms with Crippen LogP contribution in [0.25, 0.3) is 0 Å². The standard InChI is InChI=1S/C10H10ClF4N/c11-8-5-6(9(12)3-4-16)1-2-7(8)10(13,14)15/h1-2,5,9H,3-4,16H2. The largest absolute Gasteiger partial charge is 0.417 e. The van der Waals surface area contributed by atoms with Gasteiger partial charge in [-0.15, -0.1) is 0 Å². The third kappa shape index (κ3) is 3.09. The van der Waals surface area contributed by atoms with Crippen molar-refractivity contribution in [1.29, 1.82) is 0 Å². The summed E-state index contributed by atoms with van der Waals surface area (Å²) in [6.07, 6.45) is -5.85. The normalized spacial score (nSPS) is 13.9. The molecule has 0 aliphatic heterocycles. The zero-order valence-corrected chi connectivity index (χ0v) is 8.95. The lowest BCUT2D eigenvalue weighted by atomic mass is 10.1. The molecule has 16 heavy (non-hydrogen) atoms. The van der Waals surface area contributed by atoms with Crippen LogP contribution in [0.2, 0.25) is 5.02 Å². The van der Waals surface area contributed by atoms with Crippen LogP contribution in [0.3, 0.4) is 0 Å². The highest BCUT2D eigenvalue weighted by molar-refractivity contribution is 6.31. The van der Waals surface area contributed by atoms with Gasteiger partial charge in [-0.1, -0.05) is 17.7 Å². The molecule has 1 aromatic rings. The monoisotopic (exact) mass is 255 g/mol. The molecule has 0 bridgehead atoms. The highest BCUT2D eigenvalue weighted by Gasteiger charge is 2.33. The Hall–Kier alpha value is -0.810. The van der Waals surface area contributed by atoms with Gasteiger partial charge in [-0.2, -0.15) is 13.2 Å². The minimum absolute atomic E-state index is 0.0572. The Morgan fingerprint density at radius 3 is 2.38 bits per heavy atom. The SMILES string of the molecule is NCCC(F)c1ccc(C(F)(F)F)c(Cl)c1. The molecule has 0 saturated heterocycles. The van der Waals surface area contributed by atoms with E-state index < -0.39 is 22.9 Å². The van der Waals surface area contributed by atoms with Gasteiger partial charge in [0.25, 0.3) is 0 Å². The van der Waals surface area contributed by atoms with E-state index in [4.69, 9.17) is 17.3 Å². The van der Waals surface area contributed by atoms with Crippen LogP contribution in [0, 0.1) is 0 Å². The molecule has 0 aliphatic carbocycles. The van der Waals surface area contributed by atoms with Crippen molar-refractivity contribution in [2.24, 2.45) is 5.73 Å². The number of alkyl halides is 4. The van der Waals surface area contributed by atoms with Crippen LogP contribution >= 0.6 is 11.6 Å². The summed E-state index contributed by atoms with van der Waals surface area (Å²) in [7, 11) is 0. The maximum Gasteiger partial charge on any atom is 0.417 e. The predicted octanol–water partition coefficient (Wildman–Crippen LogP) is 3.72. The molecular weight excluding hydrogens is 246 g/mol. The van der Waals surface area contributed by atoms with Crippen LogP contribution in [-0.4, -0.2) is 6.54 Å². The van der Waals surface area contributed by atoms with Crippen LogP contribution < -0.4 is 5.73 Å². The summed E-state index contributed by atoms with van der Waals surface area (Å²) in [5.74, 6) is 0. The van der Waals surface area contributed by atoms with Crippen molar-refractivity contribution in [1.82, 2.24) is 0 Å². The van der Waals surface area contributed by atoms with Gasteiger partial charge >= 0.3 is 6.18 Å². The summed E-state index contributed by atoms with van der Waals surface area (Å²) in [5, 5.41) is -0.496. The molecule has 0 aromatic heterocycles. The summed E-state index contributed by atoms with van der Waals surface area (Å²) in [4.78, 5) is 0. The lowest BCUT2D eigenvalue weighted by molar-refractivity contribution is -0.137. The fourth-order valence-electron chi connectivity index (χ4n) is 1.27. The molecule has 2 N–H and O–H groups in total. The molecule has 0 radical (unpaired) electrons. The van der Waals surface area contributed by atoms with Gasteiger partial charge < -0.3 is 5.73 Å². The number of rotatable bonds is 3. The molecule has 0 fully saturated rings. The number of halogens is 5. The fraction of sp³-hybridized carbons (Fsp3) is 0.400. The van der Waals surface area contributed by atoms with Crippen LogP contribution in [0.1, 0.15) is 23.7 Å². The first kappa shape index (κ1) is 13.3. The third-order valence-corrected chi connectivity index (χ3v) is 2.39. The van der Waals surface area contributed by atoms with Gasteiger partial charge in [-0.05, 0) is 30.7 Å². The van der Waals surface area contributed by atoms with Crippen LogP contribution in [0.4, 0.5) is 17.6 Å². The Kier molecular flexibility index (Phi) is 4.15. The minimum Gasteiger partial charge on any atom is -0.330 e. The molecule has 0 amide bonds. The van der Waals surface area contributed by atoms with Crippen molar-refractivity contribution in [2.75, 3.05) is 6.54 Å². The van der Waals surface area contributed by atoms with Crippen molar-refractivity contribution in [3.8, 4) is 0 Å². The molecule has 1 unspecified atom stereocenters. The average molecular weight is 256 g/mol. The summed E-state index contributed by atoms with van der Waals surface area (Å²) in [5.41, 5.74) is 4.30. The van der Waals surface area contributed by atoms with Crippen molar-refractivity contribution in [3.05, 3.63) is 34.3 Å². The molecule has 0 heterocycles. The minimum atomic E-state index is -4.52. The maximum absolute atomic E-state index is 13.3. The lowest BCUT2D eigenvalue weighted by Gasteiger charge is -2.12. The Morgan fingerprint density at radius 1 is 1.31 bits per heavy atom. The van der Waals surface area contributed by atoms with E-state index in [2.05, 4.69) is 0 Å². The van der Waals surface area contributed by atoms with E-state index >= 15 is 0 Å². The van der Waals surface area contributed by atoms with E-state index in [1.165, 1.54) is 0 Å². The summed E-state index contributed by atoms with van der Waals surface area (Å²) >= 11 is 5.44. The molecule has 90 valence electrons. The molecule has 0 aliphatic rings. The first-order valence-electron chi connectivity index (χ1n) is 4.57. The number of benzene rings is 1. The second kappa shape index (κ2) is 5.01. The van der Waals surface area contributed by atoms with E-state index in [1.807, 2.05) is 0 Å². The van der Waals surface area contributed by atoms with Gasteiger partial charge in [-0.3, -0.25) is 0 Å². The quantitative estimate of drug-likeness (QED) is 0.819. The Labute approximate surface area is 95.2 Å². The molecule has 1 atom stereocenters. The topological polar surface area (TPSA) is 26.0 Å². The summed E-state index contributed by atoms with van der Waals surface area (Å²) < 4.78 is 50.3. The zero-order chi connectivity index (χ0) is 12.3.